The van der Waals surface area contributed by atoms with Crippen molar-refractivity contribution in [1.29, 1.82) is 0 Å². The van der Waals surface area contributed by atoms with Gasteiger partial charge in [0.05, 0.1) is 0 Å². The fourth-order valence-electron chi connectivity index (χ4n) is 2.95. The van der Waals surface area contributed by atoms with Crippen LogP contribution in [-0.4, -0.2) is 42.1 Å². The molecule has 2 aliphatic heterocycles. The Kier molecular flexibility index (Phi) is 2.97. The number of fused-ring (bicyclic) bond motifs is 3. The van der Waals surface area contributed by atoms with Crippen LogP contribution in [0.25, 0.3) is 0 Å². The summed E-state index contributed by atoms with van der Waals surface area (Å²) in [7, 11) is 0. The number of piperazine rings is 1. The van der Waals surface area contributed by atoms with E-state index in [-0.39, 0.29) is 12.1 Å². The van der Waals surface area contributed by atoms with E-state index in [1.807, 2.05) is 11.8 Å². The largest absolute Gasteiger partial charge is 0.456 e. The van der Waals surface area contributed by atoms with Crippen LogP contribution in [0.15, 0.2) is 12.1 Å². The first-order chi connectivity index (χ1) is 9.38. The van der Waals surface area contributed by atoms with Crippen molar-refractivity contribution in [2.45, 2.75) is 31.6 Å². The Morgan fingerprint density at radius 1 is 1.40 bits per heavy atom. The lowest BCUT2D eigenvalue weighted by Crippen LogP contribution is -2.55. The molecular formula is C13H14F3N3O. The molecule has 0 bridgehead atoms. The van der Waals surface area contributed by atoms with Crippen molar-refractivity contribution in [3.05, 3.63) is 23.4 Å². The third kappa shape index (κ3) is 2.06. The summed E-state index contributed by atoms with van der Waals surface area (Å²) in [6.45, 7) is 3.53. The van der Waals surface area contributed by atoms with Gasteiger partial charge in [0.25, 0.3) is 5.78 Å². The Bertz CT molecular complexity index is 558. The summed E-state index contributed by atoms with van der Waals surface area (Å²) in [6, 6.07) is 3.12. The number of Topliss-reactive ketones (excluding diaryl/α,β-unsaturated/α-hetero) is 1. The van der Waals surface area contributed by atoms with Gasteiger partial charge >= 0.3 is 6.18 Å². The second-order valence-corrected chi connectivity index (χ2v) is 5.28. The predicted molar refractivity (Wildman–Crippen MR) is 66.9 cm³/mol. The standard InChI is InChI=1S/C13H14F3N3O/c1-7-5-17-6-9-4-8-2-3-10(11(20)13(14,15)16)18-12(8)19(7)9/h2-3,7,9,17H,4-6H2,1H3. The number of hydrogen-bond acceptors (Lipinski definition) is 4. The van der Waals surface area contributed by atoms with Crippen molar-refractivity contribution in [2.75, 3.05) is 18.0 Å². The van der Waals surface area contributed by atoms with Gasteiger partial charge in [0, 0.05) is 25.2 Å². The molecule has 0 saturated carbocycles. The Labute approximate surface area is 114 Å². The molecule has 1 fully saturated rings. The lowest BCUT2D eigenvalue weighted by atomic mass is 10.1. The number of halogens is 3. The summed E-state index contributed by atoms with van der Waals surface area (Å²) in [6.07, 6.45) is -4.13. The minimum Gasteiger partial charge on any atom is -0.348 e. The van der Waals surface area contributed by atoms with E-state index in [0.29, 0.717) is 5.82 Å². The van der Waals surface area contributed by atoms with E-state index in [0.717, 1.165) is 25.1 Å². The summed E-state index contributed by atoms with van der Waals surface area (Å²) in [4.78, 5) is 17.3. The molecule has 1 saturated heterocycles. The number of ketones is 1. The summed E-state index contributed by atoms with van der Waals surface area (Å²) < 4.78 is 37.4. The first-order valence-corrected chi connectivity index (χ1v) is 6.48. The van der Waals surface area contributed by atoms with Crippen molar-refractivity contribution < 1.29 is 18.0 Å². The van der Waals surface area contributed by atoms with Gasteiger partial charge in [-0.1, -0.05) is 6.07 Å². The molecule has 0 aliphatic carbocycles. The van der Waals surface area contributed by atoms with Crippen molar-refractivity contribution in [1.82, 2.24) is 10.3 Å². The normalized spacial score (nSPS) is 25.3. The number of nitrogens with zero attached hydrogens (tertiary/aromatic N) is 2. The number of aromatic nitrogens is 1. The maximum absolute atomic E-state index is 12.5. The van der Waals surface area contributed by atoms with Crippen LogP contribution in [0, 0.1) is 0 Å². The van der Waals surface area contributed by atoms with Gasteiger partial charge in [-0.2, -0.15) is 13.2 Å². The monoisotopic (exact) mass is 285 g/mol. The first-order valence-electron chi connectivity index (χ1n) is 6.48. The van der Waals surface area contributed by atoms with Gasteiger partial charge in [-0.15, -0.1) is 0 Å². The van der Waals surface area contributed by atoms with Gasteiger partial charge in [0.15, 0.2) is 0 Å². The predicted octanol–water partition coefficient (Wildman–Crippen LogP) is 1.55. The SMILES string of the molecule is CC1CNCC2Cc3ccc(C(=O)C(F)(F)F)nc3N12. The number of nitrogens with one attached hydrogen (secondary N) is 1. The van der Waals surface area contributed by atoms with Crippen LogP contribution in [0.2, 0.25) is 0 Å². The van der Waals surface area contributed by atoms with E-state index < -0.39 is 17.7 Å². The maximum atomic E-state index is 12.5. The number of alkyl halides is 3. The van der Waals surface area contributed by atoms with Gasteiger partial charge < -0.3 is 10.2 Å². The van der Waals surface area contributed by atoms with E-state index in [2.05, 4.69) is 10.3 Å². The summed E-state index contributed by atoms with van der Waals surface area (Å²) >= 11 is 0. The van der Waals surface area contributed by atoms with Crippen LogP contribution in [-0.2, 0) is 6.42 Å². The lowest BCUT2D eigenvalue weighted by molar-refractivity contribution is -0.0888. The Balaban J connectivity index is 1.98. The van der Waals surface area contributed by atoms with Crippen LogP contribution in [0.5, 0.6) is 0 Å². The third-order valence-corrected chi connectivity index (χ3v) is 3.83. The molecule has 108 valence electrons. The zero-order chi connectivity index (χ0) is 14.5. The highest BCUT2D eigenvalue weighted by Crippen LogP contribution is 2.34. The molecule has 2 unspecified atom stereocenters. The number of carbonyl (C=O) groups excluding carboxylic acids is 1. The molecular weight excluding hydrogens is 271 g/mol. The molecule has 1 aromatic heterocycles. The van der Waals surface area contributed by atoms with Crippen LogP contribution < -0.4 is 10.2 Å². The molecule has 2 atom stereocenters. The highest BCUT2D eigenvalue weighted by Gasteiger charge is 2.42. The summed E-state index contributed by atoms with van der Waals surface area (Å²) in [5.74, 6) is -1.36. The van der Waals surface area contributed by atoms with Crippen molar-refractivity contribution in [3.63, 3.8) is 0 Å². The molecule has 1 aromatic rings. The molecule has 0 radical (unpaired) electrons. The van der Waals surface area contributed by atoms with Crippen molar-refractivity contribution >= 4 is 11.6 Å². The number of hydrogen-bond donors (Lipinski definition) is 1. The maximum Gasteiger partial charge on any atom is 0.456 e. The molecule has 0 aromatic carbocycles. The molecule has 20 heavy (non-hydrogen) atoms. The molecule has 7 heteroatoms. The van der Waals surface area contributed by atoms with E-state index in [9.17, 15) is 18.0 Å². The van der Waals surface area contributed by atoms with Gasteiger partial charge in [-0.25, -0.2) is 4.98 Å². The van der Waals surface area contributed by atoms with Crippen molar-refractivity contribution in [2.24, 2.45) is 0 Å². The topological polar surface area (TPSA) is 45.2 Å². The molecule has 3 heterocycles. The zero-order valence-electron chi connectivity index (χ0n) is 10.9. The number of anilines is 1. The van der Waals surface area contributed by atoms with Crippen LogP contribution >= 0.6 is 0 Å². The average Bonchev–Trinajstić information content (AvgIpc) is 2.75. The quantitative estimate of drug-likeness (QED) is 0.795. The zero-order valence-corrected chi connectivity index (χ0v) is 10.9. The van der Waals surface area contributed by atoms with E-state index in [1.54, 1.807) is 6.07 Å². The fraction of sp³-hybridized carbons (Fsp3) is 0.538. The van der Waals surface area contributed by atoms with E-state index >= 15 is 0 Å². The van der Waals surface area contributed by atoms with Gasteiger partial charge in [0.2, 0.25) is 0 Å². The number of pyridine rings is 1. The van der Waals surface area contributed by atoms with E-state index in [4.69, 9.17) is 0 Å². The number of rotatable bonds is 1. The molecule has 0 spiro atoms. The Morgan fingerprint density at radius 3 is 2.85 bits per heavy atom. The van der Waals surface area contributed by atoms with Crippen LogP contribution in [0.4, 0.5) is 19.0 Å². The smallest absolute Gasteiger partial charge is 0.348 e. The lowest BCUT2D eigenvalue weighted by Gasteiger charge is -2.37. The Hall–Kier alpha value is -1.63. The van der Waals surface area contributed by atoms with Crippen LogP contribution in [0.1, 0.15) is 23.0 Å². The van der Waals surface area contributed by atoms with Crippen LogP contribution in [0.3, 0.4) is 0 Å². The third-order valence-electron chi connectivity index (χ3n) is 3.83. The number of carbonyl (C=O) groups is 1. The Morgan fingerprint density at radius 2 is 2.15 bits per heavy atom. The highest BCUT2D eigenvalue weighted by atomic mass is 19.4. The highest BCUT2D eigenvalue weighted by molar-refractivity contribution is 5.99. The molecule has 0 amide bonds. The molecule has 4 nitrogen and oxygen atoms in total. The first kappa shape index (κ1) is 13.4. The van der Waals surface area contributed by atoms with Gasteiger partial charge in [0.1, 0.15) is 11.5 Å². The minimum atomic E-state index is -4.88. The molecule has 2 aliphatic rings. The molecule has 3 rings (SSSR count). The molecule has 1 N–H and O–H groups in total. The fourth-order valence-corrected chi connectivity index (χ4v) is 2.95. The van der Waals surface area contributed by atoms with Crippen molar-refractivity contribution in [3.8, 4) is 0 Å². The van der Waals surface area contributed by atoms with Gasteiger partial charge in [-0.05, 0) is 25.0 Å². The second kappa shape index (κ2) is 4.44. The minimum absolute atomic E-state index is 0.152. The second-order valence-electron chi connectivity index (χ2n) is 5.28. The summed E-state index contributed by atoms with van der Waals surface area (Å²) in [5, 5.41) is 3.29. The van der Waals surface area contributed by atoms with Gasteiger partial charge in [-0.3, -0.25) is 4.79 Å². The summed E-state index contributed by atoms with van der Waals surface area (Å²) in [5.41, 5.74) is 0.381. The van der Waals surface area contributed by atoms with E-state index in [1.165, 1.54) is 6.07 Å². The average molecular weight is 285 g/mol.